The Morgan fingerprint density at radius 1 is 0.857 bits per heavy atom. The third-order valence-electron chi connectivity index (χ3n) is 3.25. The summed E-state index contributed by atoms with van der Waals surface area (Å²) < 4.78 is 17.5. The highest BCUT2D eigenvalue weighted by atomic mass is 35.7. The summed E-state index contributed by atoms with van der Waals surface area (Å²) in [6.45, 7) is -2.70. The molecule has 0 aliphatic heterocycles. The van der Waals surface area contributed by atoms with Crippen LogP contribution in [0.5, 0.6) is 0 Å². The minimum Gasteiger partial charge on any atom is -0.313 e. The largest absolute Gasteiger partial charge is 0.313 e. The molecule has 0 saturated carbocycles. The van der Waals surface area contributed by atoms with Gasteiger partial charge in [-0.2, -0.15) is 0 Å². The van der Waals surface area contributed by atoms with Gasteiger partial charge in [-0.15, -0.1) is 0 Å². The van der Waals surface area contributed by atoms with Gasteiger partial charge < -0.3 is 4.52 Å². The average molecular weight is 323 g/mol. The van der Waals surface area contributed by atoms with E-state index in [4.69, 9.17) is 15.8 Å². The zero-order valence-corrected chi connectivity index (χ0v) is 13.6. The molecule has 4 heteroatoms. The van der Waals surface area contributed by atoms with Gasteiger partial charge in [-0.25, -0.2) is 0 Å². The van der Waals surface area contributed by atoms with Crippen molar-refractivity contribution in [1.82, 2.24) is 0 Å². The normalized spacial score (nSPS) is 13.8. The van der Waals surface area contributed by atoms with Gasteiger partial charge in [0.05, 0.1) is 6.61 Å². The van der Waals surface area contributed by atoms with E-state index in [9.17, 15) is 4.57 Å². The number of aryl methyl sites for hydroxylation is 1. The van der Waals surface area contributed by atoms with Crippen LogP contribution in [0.3, 0.4) is 0 Å². The smallest absolute Gasteiger partial charge is 0.290 e. The Hall–Kier alpha value is -1.08. The molecule has 0 aliphatic rings. The Morgan fingerprint density at radius 2 is 1.43 bits per heavy atom. The third-order valence-corrected chi connectivity index (χ3v) is 5.42. The van der Waals surface area contributed by atoms with E-state index >= 15 is 0 Å². The predicted molar refractivity (Wildman–Crippen MR) is 88.9 cm³/mol. The first-order valence-electron chi connectivity index (χ1n) is 7.17. The Morgan fingerprint density at radius 3 is 2.05 bits per heavy atom. The van der Waals surface area contributed by atoms with Crippen LogP contribution in [-0.4, -0.2) is 6.16 Å². The average Bonchev–Trinajstić information content (AvgIpc) is 2.52. The zero-order chi connectivity index (χ0) is 15.0. The summed E-state index contributed by atoms with van der Waals surface area (Å²) >= 11 is 6.00. The summed E-state index contributed by atoms with van der Waals surface area (Å²) in [6.07, 6.45) is 3.19. The van der Waals surface area contributed by atoms with E-state index in [-0.39, 0.29) is 0 Å². The van der Waals surface area contributed by atoms with E-state index in [2.05, 4.69) is 12.1 Å². The van der Waals surface area contributed by atoms with E-state index in [1.54, 1.807) is 0 Å². The molecule has 0 spiro atoms. The number of benzene rings is 2. The van der Waals surface area contributed by atoms with Gasteiger partial charge in [0.2, 0.25) is 0 Å². The minimum absolute atomic E-state index is 0.306. The number of hydrogen-bond acceptors (Lipinski definition) is 2. The molecule has 2 aromatic carbocycles. The summed E-state index contributed by atoms with van der Waals surface area (Å²) in [4.78, 5) is 0. The fourth-order valence-corrected chi connectivity index (χ4v) is 3.66. The summed E-state index contributed by atoms with van der Waals surface area (Å²) in [7, 11) is 0. The molecule has 21 heavy (non-hydrogen) atoms. The molecule has 112 valence electrons. The molecule has 0 unspecified atom stereocenters. The van der Waals surface area contributed by atoms with Crippen molar-refractivity contribution in [2.24, 2.45) is 0 Å². The summed E-state index contributed by atoms with van der Waals surface area (Å²) in [5.74, 6) is 0. The molecule has 0 saturated heterocycles. The van der Waals surface area contributed by atoms with Crippen LogP contribution in [0.4, 0.5) is 0 Å². The first-order valence-corrected chi connectivity index (χ1v) is 9.88. The van der Waals surface area contributed by atoms with E-state index in [0.29, 0.717) is 12.8 Å². The lowest BCUT2D eigenvalue weighted by molar-refractivity contribution is 0.313. The summed E-state index contributed by atoms with van der Waals surface area (Å²) in [6, 6.07) is 19.9. The van der Waals surface area contributed by atoms with Crippen molar-refractivity contribution < 1.29 is 9.09 Å². The van der Waals surface area contributed by atoms with Gasteiger partial charge in [0.15, 0.2) is 0 Å². The van der Waals surface area contributed by atoms with E-state index in [1.807, 2.05) is 48.5 Å². The highest BCUT2D eigenvalue weighted by Crippen LogP contribution is 2.53. The van der Waals surface area contributed by atoms with E-state index < -0.39 is 6.72 Å². The number of halogens is 1. The van der Waals surface area contributed by atoms with Crippen LogP contribution in [0.15, 0.2) is 60.7 Å². The molecule has 0 fully saturated rings. The van der Waals surface area contributed by atoms with Gasteiger partial charge >= 0.3 is 0 Å². The molecule has 0 N–H and O–H groups in total. The summed E-state index contributed by atoms with van der Waals surface area (Å²) in [5, 5.41) is 0. The molecule has 2 aromatic rings. The number of unbranched alkanes of at least 4 members (excludes halogenated alkanes) is 1. The van der Waals surface area contributed by atoms with Crippen LogP contribution in [-0.2, 0) is 22.1 Å². The third kappa shape index (κ3) is 6.48. The topological polar surface area (TPSA) is 26.3 Å². The lowest BCUT2D eigenvalue weighted by atomic mass is 10.1. The molecule has 0 radical (unpaired) electrons. The molecule has 0 bridgehead atoms. The van der Waals surface area contributed by atoms with Crippen molar-refractivity contribution >= 4 is 18.0 Å². The second-order valence-electron chi connectivity index (χ2n) is 5.02. The molecule has 0 aliphatic carbocycles. The van der Waals surface area contributed by atoms with Crippen molar-refractivity contribution in [3.8, 4) is 0 Å². The van der Waals surface area contributed by atoms with E-state index in [1.165, 1.54) is 5.56 Å². The van der Waals surface area contributed by atoms with Crippen LogP contribution in [0.2, 0.25) is 0 Å². The molecular weight excluding hydrogens is 303 g/mol. The second-order valence-corrected chi connectivity index (χ2v) is 8.45. The molecule has 2 rings (SSSR count). The Balaban J connectivity index is 1.68. The first-order chi connectivity index (χ1) is 10.2. The summed E-state index contributed by atoms with van der Waals surface area (Å²) in [5.41, 5.74) is 2.29. The molecule has 0 heterocycles. The number of hydrogen-bond donors (Lipinski definition) is 0. The van der Waals surface area contributed by atoms with Crippen molar-refractivity contribution in [3.63, 3.8) is 0 Å². The number of rotatable bonds is 8. The zero-order valence-electron chi connectivity index (χ0n) is 12.0. The monoisotopic (exact) mass is 322 g/mol. The van der Waals surface area contributed by atoms with Crippen LogP contribution in [0.25, 0.3) is 0 Å². The SMILES string of the molecule is O=[P@](Cl)(CCCCc1ccccc1)OCc1ccccc1. The maximum atomic E-state index is 12.1. The van der Waals surface area contributed by atoms with Crippen LogP contribution in [0.1, 0.15) is 24.0 Å². The van der Waals surface area contributed by atoms with E-state index in [0.717, 1.165) is 24.8 Å². The van der Waals surface area contributed by atoms with Gasteiger partial charge in [-0.05, 0) is 41.6 Å². The van der Waals surface area contributed by atoms with Gasteiger partial charge in [0.1, 0.15) is 0 Å². The maximum absolute atomic E-state index is 12.1. The Kier molecular flexibility index (Phi) is 6.50. The van der Waals surface area contributed by atoms with Crippen molar-refractivity contribution in [2.75, 3.05) is 6.16 Å². The highest BCUT2D eigenvalue weighted by Gasteiger charge is 2.18. The van der Waals surface area contributed by atoms with Crippen molar-refractivity contribution in [2.45, 2.75) is 25.9 Å². The standard InChI is InChI=1S/C17H20ClO2P/c18-21(19,20-15-17-12-5-2-6-13-17)14-8-7-11-16-9-3-1-4-10-16/h1-6,9-10,12-13H,7-8,11,14-15H2/t21-/m1/s1. The highest BCUT2D eigenvalue weighted by molar-refractivity contribution is 7.85. The minimum atomic E-state index is -3.01. The van der Waals surface area contributed by atoms with Crippen molar-refractivity contribution in [3.05, 3.63) is 71.8 Å². The molecular formula is C17H20ClO2P. The van der Waals surface area contributed by atoms with Gasteiger partial charge in [-0.3, -0.25) is 4.57 Å². The lowest BCUT2D eigenvalue weighted by Crippen LogP contribution is -1.94. The molecule has 0 amide bonds. The fourth-order valence-electron chi connectivity index (χ4n) is 2.08. The first kappa shape index (κ1) is 16.3. The Labute approximate surface area is 131 Å². The Bertz CT molecular complexity index is 572. The second kappa shape index (κ2) is 8.38. The quantitative estimate of drug-likeness (QED) is 0.463. The fraction of sp³-hybridized carbons (Fsp3) is 0.294. The van der Waals surface area contributed by atoms with Crippen LogP contribution >= 0.6 is 18.0 Å². The predicted octanol–water partition coefficient (Wildman–Crippen LogP) is 5.66. The molecule has 0 aromatic heterocycles. The van der Waals surface area contributed by atoms with Crippen LogP contribution in [0, 0.1) is 0 Å². The molecule has 2 nitrogen and oxygen atoms in total. The maximum Gasteiger partial charge on any atom is 0.290 e. The van der Waals surface area contributed by atoms with Crippen molar-refractivity contribution in [1.29, 1.82) is 0 Å². The lowest BCUT2D eigenvalue weighted by Gasteiger charge is -2.11. The molecule has 1 atom stereocenters. The van der Waals surface area contributed by atoms with Gasteiger partial charge in [0, 0.05) is 6.16 Å². The van der Waals surface area contributed by atoms with Gasteiger partial charge in [-0.1, -0.05) is 60.7 Å². The van der Waals surface area contributed by atoms with Crippen LogP contribution < -0.4 is 0 Å². The van der Waals surface area contributed by atoms with Gasteiger partial charge in [0.25, 0.3) is 6.72 Å².